The second-order valence-electron chi connectivity index (χ2n) is 5.03. The molecular formula is C15H17ClN4O2. The molecule has 0 atom stereocenters. The first kappa shape index (κ1) is 16.0. The molecule has 0 aliphatic rings. The number of carbonyl (C=O) groups excluding carboxylic acids is 1. The molecule has 116 valence electrons. The van der Waals surface area contributed by atoms with E-state index in [1.54, 1.807) is 24.3 Å². The molecule has 1 amide bonds. The molecule has 1 aromatic carbocycles. The van der Waals surface area contributed by atoms with Crippen molar-refractivity contribution in [2.24, 2.45) is 5.92 Å². The number of hydrogen-bond donors (Lipinski definition) is 2. The van der Waals surface area contributed by atoms with Gasteiger partial charge in [-0.3, -0.25) is 15.6 Å². The van der Waals surface area contributed by atoms with Crippen LogP contribution in [0.3, 0.4) is 0 Å². The first-order chi connectivity index (χ1) is 10.5. The Labute approximate surface area is 133 Å². The van der Waals surface area contributed by atoms with Gasteiger partial charge in [0.25, 0.3) is 5.91 Å². The van der Waals surface area contributed by atoms with E-state index in [-0.39, 0.29) is 11.9 Å². The summed E-state index contributed by atoms with van der Waals surface area (Å²) in [5, 5.41) is 0.425. The Bertz CT molecular complexity index is 614. The Balaban J connectivity index is 1.88. The topological polar surface area (TPSA) is 76.1 Å². The average Bonchev–Trinajstić information content (AvgIpc) is 2.52. The van der Waals surface area contributed by atoms with Crippen LogP contribution in [0.1, 0.15) is 24.2 Å². The molecule has 0 spiro atoms. The highest BCUT2D eigenvalue weighted by Crippen LogP contribution is 2.13. The lowest BCUT2D eigenvalue weighted by Gasteiger charge is -2.10. The first-order valence-electron chi connectivity index (χ1n) is 6.81. The van der Waals surface area contributed by atoms with Gasteiger partial charge in [0.15, 0.2) is 0 Å². The third-order valence-electron chi connectivity index (χ3n) is 2.61. The zero-order chi connectivity index (χ0) is 15.9. The maximum atomic E-state index is 12.0. The third-order valence-corrected chi connectivity index (χ3v) is 2.80. The zero-order valence-corrected chi connectivity index (χ0v) is 13.1. The number of benzene rings is 1. The maximum Gasteiger partial charge on any atom is 0.269 e. The Morgan fingerprint density at radius 3 is 2.45 bits per heavy atom. The first-order valence-corrected chi connectivity index (χ1v) is 7.19. The van der Waals surface area contributed by atoms with E-state index in [1.165, 1.54) is 12.4 Å². The second-order valence-corrected chi connectivity index (χ2v) is 5.47. The molecule has 22 heavy (non-hydrogen) atoms. The van der Waals surface area contributed by atoms with Crippen molar-refractivity contribution in [3.05, 3.63) is 47.2 Å². The van der Waals surface area contributed by atoms with Crippen LogP contribution in [-0.2, 0) is 0 Å². The van der Waals surface area contributed by atoms with Gasteiger partial charge < -0.3 is 4.74 Å². The van der Waals surface area contributed by atoms with Crippen LogP contribution in [0.2, 0.25) is 5.02 Å². The van der Waals surface area contributed by atoms with Crippen LogP contribution in [0.5, 0.6) is 5.75 Å². The number of carbonyl (C=O) groups is 1. The van der Waals surface area contributed by atoms with Crippen molar-refractivity contribution in [2.75, 3.05) is 12.0 Å². The summed E-state index contributed by atoms with van der Waals surface area (Å²) in [4.78, 5) is 19.8. The SMILES string of the molecule is CC(C)COc1ccc(C(=O)NNc2ncc(Cl)cn2)cc1. The number of halogens is 1. The summed E-state index contributed by atoms with van der Waals surface area (Å²) in [5.41, 5.74) is 5.62. The number of nitrogens with zero attached hydrogens (tertiary/aromatic N) is 2. The number of aromatic nitrogens is 2. The smallest absolute Gasteiger partial charge is 0.269 e. The fourth-order valence-electron chi connectivity index (χ4n) is 1.53. The summed E-state index contributed by atoms with van der Waals surface area (Å²) in [6.07, 6.45) is 2.87. The molecular weight excluding hydrogens is 304 g/mol. The number of rotatable bonds is 6. The molecule has 2 N–H and O–H groups in total. The van der Waals surface area contributed by atoms with E-state index in [2.05, 4.69) is 34.7 Å². The molecule has 0 unspecified atom stereocenters. The summed E-state index contributed by atoms with van der Waals surface area (Å²) in [7, 11) is 0. The van der Waals surface area contributed by atoms with E-state index in [1.807, 2.05) is 0 Å². The molecule has 2 rings (SSSR count). The molecule has 7 heteroatoms. The molecule has 0 saturated carbocycles. The van der Waals surface area contributed by atoms with Crippen LogP contribution in [0.15, 0.2) is 36.7 Å². The van der Waals surface area contributed by atoms with Crippen LogP contribution < -0.4 is 15.6 Å². The highest BCUT2D eigenvalue weighted by atomic mass is 35.5. The van der Waals surface area contributed by atoms with E-state index in [4.69, 9.17) is 16.3 Å². The van der Waals surface area contributed by atoms with Gasteiger partial charge in [-0.05, 0) is 30.2 Å². The lowest BCUT2D eigenvalue weighted by Crippen LogP contribution is -2.30. The predicted molar refractivity (Wildman–Crippen MR) is 84.9 cm³/mol. The van der Waals surface area contributed by atoms with Crippen LogP contribution in [-0.4, -0.2) is 22.5 Å². The van der Waals surface area contributed by atoms with E-state index in [0.29, 0.717) is 23.1 Å². The normalized spacial score (nSPS) is 10.4. The van der Waals surface area contributed by atoms with E-state index >= 15 is 0 Å². The fraction of sp³-hybridized carbons (Fsp3) is 0.267. The molecule has 0 aliphatic carbocycles. The Morgan fingerprint density at radius 1 is 1.23 bits per heavy atom. The van der Waals surface area contributed by atoms with Crippen molar-refractivity contribution in [1.29, 1.82) is 0 Å². The number of ether oxygens (including phenoxy) is 1. The molecule has 0 fully saturated rings. The zero-order valence-electron chi connectivity index (χ0n) is 12.3. The monoisotopic (exact) mass is 320 g/mol. The number of amides is 1. The highest BCUT2D eigenvalue weighted by molar-refractivity contribution is 6.30. The van der Waals surface area contributed by atoms with Crippen molar-refractivity contribution in [2.45, 2.75) is 13.8 Å². The minimum absolute atomic E-state index is 0.259. The quantitative estimate of drug-likeness (QED) is 0.800. The van der Waals surface area contributed by atoms with Crippen LogP contribution in [0.4, 0.5) is 5.95 Å². The second kappa shape index (κ2) is 7.61. The molecule has 1 heterocycles. The summed E-state index contributed by atoms with van der Waals surface area (Å²) in [5.74, 6) is 1.15. The van der Waals surface area contributed by atoms with E-state index in [9.17, 15) is 4.79 Å². The average molecular weight is 321 g/mol. The maximum absolute atomic E-state index is 12.0. The van der Waals surface area contributed by atoms with Gasteiger partial charge in [-0.1, -0.05) is 25.4 Å². The van der Waals surface area contributed by atoms with Gasteiger partial charge in [0.2, 0.25) is 5.95 Å². The van der Waals surface area contributed by atoms with Crippen molar-refractivity contribution >= 4 is 23.5 Å². The van der Waals surface area contributed by atoms with E-state index in [0.717, 1.165) is 5.75 Å². The summed E-state index contributed by atoms with van der Waals surface area (Å²) in [6.45, 7) is 4.79. The Kier molecular flexibility index (Phi) is 5.55. The van der Waals surface area contributed by atoms with Crippen LogP contribution >= 0.6 is 11.6 Å². The summed E-state index contributed by atoms with van der Waals surface area (Å²) >= 11 is 5.68. The fourth-order valence-corrected chi connectivity index (χ4v) is 1.62. The van der Waals surface area contributed by atoms with Gasteiger partial charge in [-0.2, -0.15) is 0 Å². The molecule has 0 aliphatic heterocycles. The highest BCUT2D eigenvalue weighted by Gasteiger charge is 2.06. The number of anilines is 1. The summed E-state index contributed by atoms with van der Waals surface area (Å²) < 4.78 is 5.56. The van der Waals surface area contributed by atoms with Gasteiger partial charge in [0.05, 0.1) is 24.0 Å². The number of nitrogens with one attached hydrogen (secondary N) is 2. The van der Waals surface area contributed by atoms with Crippen molar-refractivity contribution in [3.8, 4) is 5.75 Å². The number of hydrogen-bond acceptors (Lipinski definition) is 5. The largest absolute Gasteiger partial charge is 0.493 e. The van der Waals surface area contributed by atoms with Crippen molar-refractivity contribution in [1.82, 2.24) is 15.4 Å². The standard InChI is InChI=1S/C15H17ClN4O2/c1-10(2)9-22-13-5-3-11(4-6-13)14(21)19-20-15-17-7-12(16)8-18-15/h3-8,10H,9H2,1-2H3,(H,19,21)(H,17,18,20). The van der Waals surface area contributed by atoms with Crippen LogP contribution in [0.25, 0.3) is 0 Å². The van der Waals surface area contributed by atoms with Crippen LogP contribution in [0, 0.1) is 5.92 Å². The molecule has 0 bridgehead atoms. The van der Waals surface area contributed by atoms with E-state index < -0.39 is 0 Å². The minimum atomic E-state index is -0.297. The summed E-state index contributed by atoms with van der Waals surface area (Å²) in [6, 6.07) is 6.90. The van der Waals surface area contributed by atoms with Gasteiger partial charge >= 0.3 is 0 Å². The van der Waals surface area contributed by atoms with Crippen molar-refractivity contribution in [3.63, 3.8) is 0 Å². The van der Waals surface area contributed by atoms with Gasteiger partial charge in [-0.15, -0.1) is 0 Å². The number of hydrazine groups is 1. The minimum Gasteiger partial charge on any atom is -0.493 e. The lowest BCUT2D eigenvalue weighted by molar-refractivity contribution is 0.0962. The predicted octanol–water partition coefficient (Wildman–Crippen LogP) is 2.92. The van der Waals surface area contributed by atoms with Gasteiger partial charge in [-0.25, -0.2) is 9.97 Å². The molecule has 0 saturated heterocycles. The molecule has 6 nitrogen and oxygen atoms in total. The van der Waals surface area contributed by atoms with Gasteiger partial charge in [0, 0.05) is 5.56 Å². The molecule has 1 aromatic heterocycles. The Hall–Kier alpha value is -2.34. The van der Waals surface area contributed by atoms with Crippen molar-refractivity contribution < 1.29 is 9.53 Å². The Morgan fingerprint density at radius 2 is 1.86 bits per heavy atom. The third kappa shape index (κ3) is 4.89. The molecule has 2 aromatic rings. The lowest BCUT2D eigenvalue weighted by atomic mass is 10.2. The van der Waals surface area contributed by atoms with Gasteiger partial charge in [0.1, 0.15) is 5.75 Å². The molecule has 0 radical (unpaired) electrons.